The molecule has 0 bridgehead atoms. The molecule has 8 aromatic carbocycles. The Bertz CT molecular complexity index is 3040. The third kappa shape index (κ3) is 5.84. The molecule has 0 atom stereocenters. The molecule has 0 spiro atoms. The first-order valence-electron chi connectivity index (χ1n) is 20.8. The third-order valence-electron chi connectivity index (χ3n) is 12.9. The van der Waals surface area contributed by atoms with Crippen LogP contribution in [0.25, 0.3) is 89.8 Å². The smallest absolute Gasteiger partial charge is 0.164 e. The maximum Gasteiger partial charge on any atom is 0.164 e. The fraction of sp³-hybridized carbons (Fsp3) is 0.105. The highest BCUT2D eigenvalue weighted by Crippen LogP contribution is 2.52. The minimum absolute atomic E-state index is 0.0469. The van der Waals surface area contributed by atoms with Crippen molar-refractivity contribution in [3.8, 4) is 89.8 Å². The molecule has 0 saturated carbocycles. The van der Waals surface area contributed by atoms with E-state index in [0.717, 1.165) is 38.9 Å². The summed E-state index contributed by atoms with van der Waals surface area (Å²) in [5, 5.41) is 0. The average Bonchev–Trinajstić information content (AvgIpc) is 3.68. The van der Waals surface area contributed by atoms with Gasteiger partial charge in [0.2, 0.25) is 0 Å². The van der Waals surface area contributed by atoms with Crippen molar-refractivity contribution in [1.82, 2.24) is 15.0 Å². The molecule has 0 fully saturated rings. The van der Waals surface area contributed by atoms with Crippen molar-refractivity contribution in [1.29, 1.82) is 0 Å². The second kappa shape index (κ2) is 13.7. The van der Waals surface area contributed by atoms with Gasteiger partial charge < -0.3 is 0 Å². The van der Waals surface area contributed by atoms with Crippen LogP contribution >= 0.6 is 0 Å². The van der Waals surface area contributed by atoms with E-state index < -0.39 is 0 Å². The van der Waals surface area contributed by atoms with Gasteiger partial charge in [0, 0.05) is 27.5 Å². The van der Waals surface area contributed by atoms with Crippen LogP contribution in [0.3, 0.4) is 0 Å². The molecule has 0 N–H and O–H groups in total. The summed E-state index contributed by atoms with van der Waals surface area (Å²) in [4.78, 5) is 15.6. The molecule has 1 heterocycles. The van der Waals surface area contributed by atoms with E-state index in [2.05, 4.69) is 204 Å². The molecule has 0 aliphatic heterocycles. The van der Waals surface area contributed by atoms with Gasteiger partial charge >= 0.3 is 0 Å². The summed E-state index contributed by atoms with van der Waals surface area (Å²) in [6, 6.07) is 67.6. The first-order valence-corrected chi connectivity index (χ1v) is 20.8. The van der Waals surface area contributed by atoms with Gasteiger partial charge in [-0.1, -0.05) is 185 Å². The summed E-state index contributed by atoms with van der Waals surface area (Å²) < 4.78 is 0. The number of rotatable bonds is 6. The number of hydrogen-bond donors (Lipinski definition) is 0. The van der Waals surface area contributed by atoms with Crippen LogP contribution < -0.4 is 0 Å². The molecule has 60 heavy (non-hydrogen) atoms. The molecule has 11 rings (SSSR count). The van der Waals surface area contributed by atoms with Crippen LogP contribution in [0.1, 0.15) is 49.9 Å². The zero-order valence-electron chi connectivity index (χ0n) is 34.2. The minimum Gasteiger partial charge on any atom is -0.208 e. The van der Waals surface area contributed by atoms with E-state index in [1.54, 1.807) is 0 Å². The Morgan fingerprint density at radius 1 is 0.250 bits per heavy atom. The van der Waals surface area contributed by atoms with Gasteiger partial charge in [-0.15, -0.1) is 0 Å². The van der Waals surface area contributed by atoms with Crippen LogP contribution in [0, 0.1) is 0 Å². The maximum atomic E-state index is 5.22. The monoisotopic (exact) mass is 769 g/mol. The molecule has 1 aromatic heterocycles. The lowest BCUT2D eigenvalue weighted by Crippen LogP contribution is -2.15. The highest BCUT2D eigenvalue weighted by atomic mass is 15.0. The Labute approximate surface area is 352 Å². The fourth-order valence-corrected chi connectivity index (χ4v) is 9.64. The molecule has 0 saturated heterocycles. The standard InChI is InChI=1S/C57H43N3/c1-56(2)49-24-12-11-23-45(49)46-28-25-40(33-50(46)56)41-26-29-47-48-30-27-44(35-52(48)57(3,4)51(47)34-41)55-59-53(42-21-13-19-38(31-42)36-15-7-5-8-16-36)58-54(60-55)43-22-14-20-39(32-43)37-17-9-6-10-18-37/h5-35H,1-4H3. The molecule has 2 aliphatic carbocycles. The summed E-state index contributed by atoms with van der Waals surface area (Å²) >= 11 is 0. The van der Waals surface area contributed by atoms with E-state index in [1.165, 1.54) is 55.6 Å². The maximum absolute atomic E-state index is 5.22. The lowest BCUT2D eigenvalue weighted by molar-refractivity contribution is 0.659. The Kier molecular flexibility index (Phi) is 8.18. The SMILES string of the molecule is CC1(C)c2ccccc2-c2ccc(-c3ccc4c(c3)C(C)(C)c3cc(-c5nc(-c6cccc(-c7ccccc7)c6)nc(-c6cccc(-c7ccccc7)c6)n5)ccc3-4)cc21. The van der Waals surface area contributed by atoms with E-state index in [0.29, 0.717) is 17.5 Å². The fourth-order valence-electron chi connectivity index (χ4n) is 9.64. The summed E-state index contributed by atoms with van der Waals surface area (Å²) in [7, 11) is 0. The summed E-state index contributed by atoms with van der Waals surface area (Å²) in [5.74, 6) is 1.94. The van der Waals surface area contributed by atoms with Crippen molar-refractivity contribution in [3.63, 3.8) is 0 Å². The molecule has 2 aliphatic rings. The molecule has 9 aromatic rings. The van der Waals surface area contributed by atoms with E-state index in [-0.39, 0.29) is 10.8 Å². The van der Waals surface area contributed by atoms with E-state index >= 15 is 0 Å². The summed E-state index contributed by atoms with van der Waals surface area (Å²) in [6.07, 6.45) is 0. The predicted molar refractivity (Wildman–Crippen MR) is 248 cm³/mol. The van der Waals surface area contributed by atoms with Crippen LogP contribution in [0.15, 0.2) is 188 Å². The van der Waals surface area contributed by atoms with Crippen molar-refractivity contribution >= 4 is 0 Å². The minimum atomic E-state index is -0.240. The molecule has 0 radical (unpaired) electrons. The van der Waals surface area contributed by atoms with Crippen LogP contribution in [0.5, 0.6) is 0 Å². The van der Waals surface area contributed by atoms with Crippen LogP contribution in [-0.4, -0.2) is 15.0 Å². The van der Waals surface area contributed by atoms with Crippen molar-refractivity contribution in [2.75, 3.05) is 0 Å². The van der Waals surface area contributed by atoms with Gasteiger partial charge in [-0.2, -0.15) is 0 Å². The zero-order chi connectivity index (χ0) is 40.6. The molecule has 286 valence electrons. The van der Waals surface area contributed by atoms with Crippen LogP contribution in [0.4, 0.5) is 0 Å². The van der Waals surface area contributed by atoms with Gasteiger partial charge in [-0.25, -0.2) is 15.0 Å². The third-order valence-corrected chi connectivity index (χ3v) is 12.9. The molecular formula is C57H43N3. The predicted octanol–water partition coefficient (Wildman–Crippen LogP) is 14.5. The summed E-state index contributed by atoms with van der Waals surface area (Å²) in [5.41, 5.74) is 20.3. The number of benzene rings is 8. The largest absolute Gasteiger partial charge is 0.208 e. The van der Waals surface area contributed by atoms with Gasteiger partial charge in [0.1, 0.15) is 0 Å². The zero-order valence-corrected chi connectivity index (χ0v) is 34.2. The second-order valence-corrected chi connectivity index (χ2v) is 17.3. The quantitative estimate of drug-likeness (QED) is 0.169. The van der Waals surface area contributed by atoms with Crippen molar-refractivity contribution < 1.29 is 0 Å². The first-order chi connectivity index (χ1) is 29.2. The Hall–Kier alpha value is -7.23. The highest BCUT2D eigenvalue weighted by molar-refractivity contribution is 5.88. The van der Waals surface area contributed by atoms with Crippen LogP contribution in [-0.2, 0) is 10.8 Å². The average molecular weight is 770 g/mol. The first kappa shape index (κ1) is 35.9. The van der Waals surface area contributed by atoms with Crippen LogP contribution in [0.2, 0.25) is 0 Å². The summed E-state index contributed by atoms with van der Waals surface area (Å²) in [6.45, 7) is 9.40. The molecule has 0 amide bonds. The number of nitrogens with zero attached hydrogens (tertiary/aromatic N) is 3. The van der Waals surface area contributed by atoms with E-state index in [9.17, 15) is 0 Å². The Balaban J connectivity index is 0.999. The number of fused-ring (bicyclic) bond motifs is 6. The Morgan fingerprint density at radius 3 is 1.05 bits per heavy atom. The van der Waals surface area contributed by atoms with Crippen molar-refractivity contribution in [3.05, 3.63) is 210 Å². The second-order valence-electron chi connectivity index (χ2n) is 17.3. The lowest BCUT2D eigenvalue weighted by Gasteiger charge is -2.23. The lowest BCUT2D eigenvalue weighted by atomic mass is 9.80. The highest BCUT2D eigenvalue weighted by Gasteiger charge is 2.37. The Morgan fingerprint density at radius 2 is 0.567 bits per heavy atom. The van der Waals surface area contributed by atoms with E-state index in [4.69, 9.17) is 15.0 Å². The normalized spacial score (nSPS) is 13.9. The molecule has 3 heteroatoms. The number of hydrogen-bond acceptors (Lipinski definition) is 3. The van der Waals surface area contributed by atoms with Gasteiger partial charge in [0.15, 0.2) is 17.5 Å². The molecule has 3 nitrogen and oxygen atoms in total. The molecular weight excluding hydrogens is 727 g/mol. The van der Waals surface area contributed by atoms with Gasteiger partial charge in [0.25, 0.3) is 0 Å². The molecule has 0 unspecified atom stereocenters. The van der Waals surface area contributed by atoms with Crippen molar-refractivity contribution in [2.24, 2.45) is 0 Å². The van der Waals surface area contributed by atoms with Gasteiger partial charge in [-0.3, -0.25) is 0 Å². The van der Waals surface area contributed by atoms with Crippen molar-refractivity contribution in [2.45, 2.75) is 38.5 Å². The van der Waals surface area contributed by atoms with E-state index in [1.807, 2.05) is 12.1 Å². The van der Waals surface area contributed by atoms with Gasteiger partial charge in [0.05, 0.1) is 0 Å². The van der Waals surface area contributed by atoms with Gasteiger partial charge in [-0.05, 0) is 108 Å². The topological polar surface area (TPSA) is 38.7 Å². The number of aromatic nitrogens is 3.